The van der Waals surface area contributed by atoms with Gasteiger partial charge in [-0.15, -0.1) is 16.9 Å². The molecule has 19 nitrogen and oxygen atoms in total. The molecule has 7 aromatic rings. The van der Waals surface area contributed by atoms with Gasteiger partial charge in [-0.1, -0.05) is 98.6 Å². The Kier molecular flexibility index (Phi) is 20.3. The molecule has 6 atom stereocenters. The predicted molar refractivity (Wildman–Crippen MR) is 371 cm³/mol. The number of pyridine rings is 1. The van der Waals surface area contributed by atoms with E-state index < -0.39 is 43.4 Å². The largest absolute Gasteiger partial charge is 0.508 e. The second-order valence-electron chi connectivity index (χ2n) is 29.4. The molecule has 8 heterocycles. The Morgan fingerprint density at radius 1 is 0.896 bits per heavy atom. The van der Waals surface area contributed by atoms with E-state index in [1.54, 1.807) is 23.5 Å². The van der Waals surface area contributed by atoms with E-state index >= 15 is 8.78 Å². The molecule has 0 radical (unpaired) electrons. The first-order valence-electron chi connectivity index (χ1n) is 33.9. The topological polar surface area (TPSA) is 222 Å². The summed E-state index contributed by atoms with van der Waals surface area (Å²) in [6.45, 7) is 31.7. The number of aromatic hydroxyl groups is 1. The Morgan fingerprint density at radius 3 is 2.22 bits per heavy atom. The van der Waals surface area contributed by atoms with Crippen LogP contribution in [-0.4, -0.2) is 158 Å². The number of phenols is 1. The van der Waals surface area contributed by atoms with Gasteiger partial charge in [0.1, 0.15) is 60.8 Å². The number of aromatic nitrogens is 5. The highest BCUT2D eigenvalue weighted by atomic mass is 32.1. The Balaban J connectivity index is 0.775. The highest BCUT2D eigenvalue weighted by molar-refractivity contribution is 7.13. The lowest BCUT2D eigenvalue weighted by Crippen LogP contribution is -2.57. The number of thiazole rings is 1. The second-order valence-corrected chi connectivity index (χ2v) is 35.9. The van der Waals surface area contributed by atoms with E-state index in [0.29, 0.717) is 67.1 Å². The van der Waals surface area contributed by atoms with Crippen molar-refractivity contribution in [1.29, 1.82) is 0 Å². The van der Waals surface area contributed by atoms with Crippen LogP contribution < -0.4 is 19.7 Å². The minimum atomic E-state index is -2.37. The smallest absolute Gasteiger partial charge is 0.410 e. The number of fused-ring (bicyclic) bond motifs is 4. The van der Waals surface area contributed by atoms with E-state index in [4.69, 9.17) is 33.7 Å². The van der Waals surface area contributed by atoms with Gasteiger partial charge in [0.15, 0.2) is 11.6 Å². The number of likely N-dealkylation sites (tertiary alicyclic amines) is 2. The number of aliphatic hydroxyl groups excluding tert-OH is 1. The van der Waals surface area contributed by atoms with Crippen molar-refractivity contribution in [3.05, 3.63) is 101 Å². The van der Waals surface area contributed by atoms with E-state index in [2.05, 4.69) is 80.3 Å². The average Bonchev–Trinajstić information content (AvgIpc) is 0.962. The number of nitrogens with zero attached hydrogens (tertiary/aromatic N) is 9. The lowest BCUT2D eigenvalue weighted by Gasteiger charge is -2.42. The predicted octanol–water partition coefficient (Wildman–Crippen LogP) is 13.5. The van der Waals surface area contributed by atoms with Crippen LogP contribution in [0.5, 0.6) is 17.6 Å². The molecule has 96 heavy (non-hydrogen) atoms. The summed E-state index contributed by atoms with van der Waals surface area (Å²) >= 11 is 1.58. The quantitative estimate of drug-likeness (QED) is 0.0506. The van der Waals surface area contributed by atoms with Crippen molar-refractivity contribution in [2.75, 3.05) is 57.4 Å². The number of piperidine rings is 1. The maximum Gasteiger partial charge on any atom is 0.410 e. The van der Waals surface area contributed by atoms with Crippen molar-refractivity contribution in [2.24, 2.45) is 11.3 Å². The number of anilines is 1. The fourth-order valence-electron chi connectivity index (χ4n) is 15.1. The van der Waals surface area contributed by atoms with Gasteiger partial charge in [-0.2, -0.15) is 9.97 Å². The van der Waals surface area contributed by atoms with Crippen LogP contribution in [0.4, 0.5) is 19.4 Å². The number of β-amino-alcohol motifs (C(OH)–C–C–N with tert-alkyl or cyclic N) is 1. The summed E-state index contributed by atoms with van der Waals surface area (Å²) in [7, 11) is -2.37. The summed E-state index contributed by atoms with van der Waals surface area (Å²) in [5.74, 6) is 1.00. The lowest BCUT2D eigenvalue weighted by molar-refractivity contribution is -0.141. The summed E-state index contributed by atoms with van der Waals surface area (Å²) < 4.78 is 58.8. The summed E-state index contributed by atoms with van der Waals surface area (Å²) in [6.07, 6.45) is 3.42. The van der Waals surface area contributed by atoms with Crippen molar-refractivity contribution < 1.29 is 52.1 Å². The van der Waals surface area contributed by atoms with Gasteiger partial charge in [-0.05, 0) is 136 Å². The number of piperazine rings is 1. The molecule has 4 aliphatic heterocycles. The standard InChI is InChI=1S/C73H92F2N10O9SSi/c1-41(2)61(69(89)84-38-53(87)33-58(84)68(88)78-45(9)47-15-17-48(18-16-47)66-46(10)77-40-95-66)59-34-60(81-94-59)92-39-73(14)24-26-82(27-25-73)28-29-91-70-79-65-56(67(80-70)83-36-50-20-21-51(37-83)85(50)71(90)93-72(11,12)13)35-76-64(63(65)75)55-32-52(86)31-49-19-22-57(74)54(62(49)55)23-30-96(42(3)4,43(5)6)44(7)8/h15-19,22,31-32,34-35,40-45,50-51,53,58,61,86-87H,20-21,24-29,33,36-39H2,1-14H3,(H,78,88)/t45-,50?,51?,53+,58-,61+/m0/s1. The Hall–Kier alpha value is -7.78. The summed E-state index contributed by atoms with van der Waals surface area (Å²) in [5, 5.41) is 30.5. The molecule has 23 heteroatoms. The van der Waals surface area contributed by atoms with Crippen LogP contribution in [0.25, 0.3) is 43.4 Å². The zero-order valence-electron chi connectivity index (χ0n) is 57.8. The highest BCUT2D eigenvalue weighted by Crippen LogP contribution is 2.44. The Morgan fingerprint density at radius 2 is 1.58 bits per heavy atom. The van der Waals surface area contributed by atoms with Crippen molar-refractivity contribution in [3.8, 4) is 50.8 Å². The maximum absolute atomic E-state index is 18.0. The molecule has 3 amide bonds. The number of hydrogen-bond donors (Lipinski definition) is 3. The average molecular weight is 1350 g/mol. The van der Waals surface area contributed by atoms with Crippen LogP contribution in [0, 0.1) is 41.4 Å². The molecule has 512 valence electrons. The maximum atomic E-state index is 18.0. The van der Waals surface area contributed by atoms with Crippen LogP contribution in [0.1, 0.15) is 157 Å². The Bertz CT molecular complexity index is 4040. The zero-order valence-corrected chi connectivity index (χ0v) is 59.6. The number of phenolic OH excluding ortho intramolecular Hbond substituents is 1. The SMILES string of the molecule is Cc1ncsc1-c1ccc([C@H](C)NC(=O)[C@@H]2C[C@@H](O)CN2C(=O)[C@@H](c2cc(OCC3(C)CCN(CCOc4nc(N5CC6CCC(C5)N6C(=O)OC(C)(C)C)c5cnc(-c6cc(O)cc7ccc(F)c(C#C[Si](C(C)C)(C(C)C)C(C)C)c67)c(F)c5n4)CC3)no2)C(C)C)cc1. The molecule has 0 spiro atoms. The molecule has 3 N–H and O–H groups in total. The third-order valence-corrected chi connectivity index (χ3v) is 27.5. The zero-order chi connectivity index (χ0) is 68.9. The molecule has 0 aliphatic carbocycles. The third-order valence-electron chi connectivity index (χ3n) is 20.3. The molecule has 4 saturated heterocycles. The summed E-state index contributed by atoms with van der Waals surface area (Å²) in [6, 6.07) is 13.8. The number of benzene rings is 3. The van der Waals surface area contributed by atoms with E-state index in [1.165, 1.54) is 29.3 Å². The van der Waals surface area contributed by atoms with E-state index in [1.807, 2.05) is 88.0 Å². The van der Waals surface area contributed by atoms with Crippen LogP contribution >= 0.6 is 11.3 Å². The van der Waals surface area contributed by atoms with Gasteiger partial charge in [0.2, 0.25) is 11.8 Å². The van der Waals surface area contributed by atoms with E-state index in [0.717, 1.165) is 47.4 Å². The normalized spacial score (nSPS) is 19.8. The number of carbonyl (C=O) groups excluding carboxylic acids is 3. The van der Waals surface area contributed by atoms with Crippen molar-refractivity contribution >= 4 is 64.8 Å². The first kappa shape index (κ1) is 69.6. The number of amides is 3. The number of aliphatic hydroxyl groups is 1. The molecule has 4 fully saturated rings. The van der Waals surface area contributed by atoms with Crippen LogP contribution in [0.3, 0.4) is 0 Å². The number of nitrogens with one attached hydrogen (secondary N) is 1. The number of rotatable bonds is 19. The molecule has 2 bridgehead atoms. The van der Waals surface area contributed by atoms with Gasteiger partial charge < -0.3 is 44.1 Å². The number of halogens is 2. The van der Waals surface area contributed by atoms with Gasteiger partial charge in [-0.3, -0.25) is 24.4 Å². The molecule has 0 saturated carbocycles. The van der Waals surface area contributed by atoms with Crippen molar-refractivity contribution in [2.45, 2.75) is 187 Å². The first-order valence-corrected chi connectivity index (χ1v) is 37.0. The van der Waals surface area contributed by atoms with E-state index in [9.17, 15) is 24.6 Å². The lowest BCUT2D eigenvalue weighted by atomic mass is 9.81. The third kappa shape index (κ3) is 14.3. The second kappa shape index (κ2) is 28.0. The summed E-state index contributed by atoms with van der Waals surface area (Å²) in [5.41, 5.74) is 8.31. The fourth-order valence-corrected chi connectivity index (χ4v) is 21.1. The minimum absolute atomic E-state index is 0.00655. The number of hydrogen-bond acceptors (Lipinski definition) is 17. The summed E-state index contributed by atoms with van der Waals surface area (Å²) in [4.78, 5) is 69.6. The van der Waals surface area contributed by atoms with Gasteiger partial charge in [0, 0.05) is 61.2 Å². The van der Waals surface area contributed by atoms with Crippen molar-refractivity contribution in [1.82, 2.24) is 45.1 Å². The van der Waals surface area contributed by atoms with Crippen LogP contribution in [-0.2, 0) is 14.3 Å². The van der Waals surface area contributed by atoms with E-state index in [-0.39, 0.29) is 124 Å². The van der Waals surface area contributed by atoms with Crippen molar-refractivity contribution in [3.63, 3.8) is 0 Å². The molecule has 2 unspecified atom stereocenters. The molecule has 4 aromatic heterocycles. The van der Waals surface area contributed by atoms with Gasteiger partial charge in [0.05, 0.1) is 57.9 Å². The Labute approximate surface area is 566 Å². The fraction of sp³-hybridized carbons (Fsp3) is 0.534. The van der Waals surface area contributed by atoms with Gasteiger partial charge >= 0.3 is 12.1 Å². The molecule has 4 aliphatic rings. The highest BCUT2D eigenvalue weighted by Gasteiger charge is 2.47. The molecule has 11 rings (SSSR count). The van der Waals surface area contributed by atoms with Gasteiger partial charge in [-0.25, -0.2) is 18.6 Å². The number of ether oxygens (including phenoxy) is 3. The van der Waals surface area contributed by atoms with Crippen LogP contribution in [0.2, 0.25) is 16.6 Å². The number of carbonyl (C=O) groups is 3. The van der Waals surface area contributed by atoms with Gasteiger partial charge in [0.25, 0.3) is 5.88 Å². The molecular formula is C73H92F2N10O9SSi. The minimum Gasteiger partial charge on any atom is -0.508 e. The monoisotopic (exact) mass is 1350 g/mol. The first-order chi connectivity index (χ1) is 45.5. The number of aryl methyl sites for hydroxylation is 1. The molecular weight excluding hydrogens is 1260 g/mol. The van der Waals surface area contributed by atoms with Crippen LogP contribution in [0.15, 0.2) is 70.8 Å². The molecule has 3 aromatic carbocycles.